The van der Waals surface area contributed by atoms with Gasteiger partial charge in [0, 0.05) is 13.1 Å². The van der Waals surface area contributed by atoms with Crippen LogP contribution >= 0.6 is 0 Å². The highest BCUT2D eigenvalue weighted by Crippen LogP contribution is 1.87. The molecule has 0 radical (unpaired) electrons. The first-order valence-electron chi connectivity index (χ1n) is 3.73. The summed E-state index contributed by atoms with van der Waals surface area (Å²) in [5.74, 6) is 0.0583. The summed E-state index contributed by atoms with van der Waals surface area (Å²) < 4.78 is 0.649. The number of nitrogens with two attached hydrogens (primary N) is 1. The van der Waals surface area contributed by atoms with Crippen molar-refractivity contribution >= 4 is 5.91 Å². The van der Waals surface area contributed by atoms with Crippen molar-refractivity contribution in [2.45, 2.75) is 0 Å². The second kappa shape index (κ2) is 4.31. The maximum absolute atomic E-state index is 11.0. The molecule has 0 atom stereocenters. The van der Waals surface area contributed by atoms with Crippen LogP contribution in [0, 0.1) is 0 Å². The zero-order valence-electron chi connectivity index (χ0n) is 7.55. The highest BCUT2D eigenvalue weighted by molar-refractivity contribution is 5.76. The van der Waals surface area contributed by atoms with Crippen LogP contribution in [0.3, 0.4) is 0 Å². The molecule has 0 saturated carbocycles. The van der Waals surface area contributed by atoms with Crippen molar-refractivity contribution in [3.63, 3.8) is 0 Å². The number of carbonyl (C=O) groups excluding carboxylic acids is 1. The molecule has 0 fully saturated rings. The maximum Gasteiger partial charge on any atom is 0.275 e. The lowest BCUT2D eigenvalue weighted by molar-refractivity contribution is -0.862. The Bertz CT molecular complexity index is 128. The van der Waals surface area contributed by atoms with Crippen LogP contribution in [-0.2, 0) is 4.79 Å². The van der Waals surface area contributed by atoms with Crippen LogP contribution < -0.4 is 11.1 Å². The molecule has 0 heterocycles. The zero-order chi connectivity index (χ0) is 8.91. The van der Waals surface area contributed by atoms with Crippen LogP contribution in [0.5, 0.6) is 0 Å². The molecule has 1 amide bonds. The van der Waals surface area contributed by atoms with E-state index >= 15 is 0 Å². The third-order valence-electron chi connectivity index (χ3n) is 1.08. The van der Waals surface area contributed by atoms with Gasteiger partial charge in [0.05, 0.1) is 21.1 Å². The van der Waals surface area contributed by atoms with E-state index in [0.717, 1.165) is 0 Å². The van der Waals surface area contributed by atoms with Gasteiger partial charge >= 0.3 is 0 Å². The molecule has 4 heteroatoms. The lowest BCUT2D eigenvalue weighted by Crippen LogP contribution is -2.45. The molecule has 4 nitrogen and oxygen atoms in total. The van der Waals surface area contributed by atoms with E-state index in [4.69, 9.17) is 5.73 Å². The Labute approximate surface area is 67.9 Å². The van der Waals surface area contributed by atoms with E-state index in [0.29, 0.717) is 24.1 Å². The van der Waals surface area contributed by atoms with Gasteiger partial charge in [0.1, 0.15) is 0 Å². The maximum atomic E-state index is 11.0. The molecule has 66 valence electrons. The topological polar surface area (TPSA) is 55.1 Å². The Morgan fingerprint density at radius 3 is 2.36 bits per heavy atom. The Hall–Kier alpha value is -0.610. The smallest absolute Gasteiger partial charge is 0.275 e. The summed E-state index contributed by atoms with van der Waals surface area (Å²) >= 11 is 0. The number of nitrogens with zero attached hydrogens (tertiary/aromatic N) is 1. The highest BCUT2D eigenvalue weighted by atomic mass is 16.2. The molecule has 0 aromatic heterocycles. The van der Waals surface area contributed by atoms with Gasteiger partial charge < -0.3 is 15.5 Å². The molecule has 0 bridgehead atoms. The van der Waals surface area contributed by atoms with Crippen molar-refractivity contribution in [2.24, 2.45) is 5.73 Å². The quantitative estimate of drug-likeness (QED) is 0.506. The Morgan fingerprint density at radius 1 is 1.45 bits per heavy atom. The minimum Gasteiger partial charge on any atom is -0.350 e. The standard InChI is InChI=1S/C7H17N3O/c1-10(2,3)6-7(11)9-5-4-8/h4-6,8H2,1-3H3/p+1. The van der Waals surface area contributed by atoms with E-state index in [9.17, 15) is 4.79 Å². The molecule has 11 heavy (non-hydrogen) atoms. The first kappa shape index (κ1) is 10.4. The summed E-state index contributed by atoms with van der Waals surface area (Å²) in [6.07, 6.45) is 0. The Balaban J connectivity index is 3.53. The van der Waals surface area contributed by atoms with Crippen LogP contribution in [0.1, 0.15) is 0 Å². The Kier molecular flexibility index (Phi) is 4.07. The van der Waals surface area contributed by atoms with Crippen LogP contribution in [0.15, 0.2) is 0 Å². The predicted molar refractivity (Wildman–Crippen MR) is 45.0 cm³/mol. The number of rotatable bonds is 4. The monoisotopic (exact) mass is 160 g/mol. The minimum absolute atomic E-state index is 0.0583. The number of likely N-dealkylation sites (N-methyl/N-ethyl adjacent to an activating group) is 1. The van der Waals surface area contributed by atoms with E-state index in [1.807, 2.05) is 21.1 Å². The van der Waals surface area contributed by atoms with E-state index in [1.54, 1.807) is 0 Å². The van der Waals surface area contributed by atoms with Crippen LogP contribution in [0.2, 0.25) is 0 Å². The lowest BCUT2D eigenvalue weighted by Gasteiger charge is -2.22. The third kappa shape index (κ3) is 7.29. The van der Waals surface area contributed by atoms with Crippen molar-refractivity contribution < 1.29 is 9.28 Å². The first-order valence-corrected chi connectivity index (χ1v) is 3.73. The number of hydrogen-bond donors (Lipinski definition) is 2. The Morgan fingerprint density at radius 2 is 2.00 bits per heavy atom. The second-order valence-electron chi connectivity index (χ2n) is 3.59. The third-order valence-corrected chi connectivity index (χ3v) is 1.08. The van der Waals surface area contributed by atoms with Crippen molar-refractivity contribution in [2.75, 3.05) is 40.8 Å². The summed E-state index contributed by atoms with van der Waals surface area (Å²) in [5, 5.41) is 2.71. The zero-order valence-corrected chi connectivity index (χ0v) is 7.55. The molecule has 0 aromatic carbocycles. The van der Waals surface area contributed by atoms with Crippen molar-refractivity contribution in [1.29, 1.82) is 0 Å². The lowest BCUT2D eigenvalue weighted by atomic mass is 10.4. The van der Waals surface area contributed by atoms with E-state index in [2.05, 4.69) is 5.32 Å². The van der Waals surface area contributed by atoms with E-state index in [1.165, 1.54) is 0 Å². The van der Waals surface area contributed by atoms with Crippen LogP contribution in [-0.4, -0.2) is 51.2 Å². The van der Waals surface area contributed by atoms with Gasteiger partial charge in [0.15, 0.2) is 6.54 Å². The van der Waals surface area contributed by atoms with E-state index in [-0.39, 0.29) is 5.91 Å². The molecular weight excluding hydrogens is 142 g/mol. The van der Waals surface area contributed by atoms with Gasteiger partial charge in [-0.15, -0.1) is 0 Å². The summed E-state index contributed by atoms with van der Waals surface area (Å²) in [5.41, 5.74) is 5.22. The fourth-order valence-electron chi connectivity index (χ4n) is 0.698. The molecule has 3 N–H and O–H groups in total. The van der Waals surface area contributed by atoms with Gasteiger partial charge in [-0.1, -0.05) is 0 Å². The molecule has 0 spiro atoms. The van der Waals surface area contributed by atoms with Gasteiger partial charge in [-0.2, -0.15) is 0 Å². The summed E-state index contributed by atoms with van der Waals surface area (Å²) in [6.45, 7) is 1.57. The SMILES string of the molecule is C[N+](C)(C)CC(=O)NCCN. The van der Waals surface area contributed by atoms with Gasteiger partial charge in [-0.3, -0.25) is 4.79 Å². The van der Waals surface area contributed by atoms with Crippen molar-refractivity contribution in [1.82, 2.24) is 5.32 Å². The first-order chi connectivity index (χ1) is 4.95. The van der Waals surface area contributed by atoms with Crippen LogP contribution in [0.4, 0.5) is 0 Å². The number of nitrogens with one attached hydrogen (secondary N) is 1. The minimum atomic E-state index is 0.0583. The average Bonchev–Trinajstić information content (AvgIpc) is 1.79. The number of carbonyl (C=O) groups is 1. The molecular formula is C7H18N3O+. The molecule has 0 unspecified atom stereocenters. The van der Waals surface area contributed by atoms with Gasteiger partial charge in [0.25, 0.3) is 5.91 Å². The molecule has 0 aliphatic heterocycles. The molecule has 0 aliphatic carbocycles. The van der Waals surface area contributed by atoms with Crippen LogP contribution in [0.25, 0.3) is 0 Å². The van der Waals surface area contributed by atoms with Crippen molar-refractivity contribution in [3.8, 4) is 0 Å². The molecule has 0 saturated heterocycles. The number of hydrogen-bond acceptors (Lipinski definition) is 2. The van der Waals surface area contributed by atoms with E-state index < -0.39 is 0 Å². The normalized spacial score (nSPS) is 11.3. The summed E-state index contributed by atoms with van der Waals surface area (Å²) in [7, 11) is 5.92. The average molecular weight is 160 g/mol. The number of amides is 1. The second-order valence-corrected chi connectivity index (χ2v) is 3.59. The fourth-order valence-corrected chi connectivity index (χ4v) is 0.698. The highest BCUT2D eigenvalue weighted by Gasteiger charge is 2.12. The number of quaternary nitrogens is 1. The van der Waals surface area contributed by atoms with Gasteiger partial charge in [-0.25, -0.2) is 0 Å². The summed E-state index contributed by atoms with van der Waals surface area (Å²) in [4.78, 5) is 11.0. The molecule has 0 rings (SSSR count). The molecule has 0 aliphatic rings. The van der Waals surface area contributed by atoms with Crippen molar-refractivity contribution in [3.05, 3.63) is 0 Å². The molecule has 0 aromatic rings. The van der Waals surface area contributed by atoms with Gasteiger partial charge in [-0.05, 0) is 0 Å². The summed E-state index contributed by atoms with van der Waals surface area (Å²) in [6, 6.07) is 0. The van der Waals surface area contributed by atoms with Gasteiger partial charge in [0.2, 0.25) is 0 Å². The fraction of sp³-hybridized carbons (Fsp3) is 0.857. The largest absolute Gasteiger partial charge is 0.350 e. The predicted octanol–water partition coefficient (Wildman–Crippen LogP) is -1.23.